The summed E-state index contributed by atoms with van der Waals surface area (Å²) in [6.45, 7) is 5.08. The Morgan fingerprint density at radius 3 is 2.54 bits per heavy atom. The predicted octanol–water partition coefficient (Wildman–Crippen LogP) is 3.50. The summed E-state index contributed by atoms with van der Waals surface area (Å²) in [5.41, 5.74) is 6.79. The first-order chi connectivity index (χ1) is 16.7. The van der Waals surface area contributed by atoms with Crippen LogP contribution in [-0.2, 0) is 10.7 Å². The summed E-state index contributed by atoms with van der Waals surface area (Å²) < 4.78 is 41.3. The van der Waals surface area contributed by atoms with E-state index in [-0.39, 0.29) is 39.9 Å². The SMILES string of the molecule is C=CC(=O)N1CC[C@H](n2nc(C#Cc3cc(OC)cc(OC)c3)c3c(N)ncc(C(C)(F)F)c32)C1. The first kappa shape index (κ1) is 24.0. The Hall–Kier alpha value is -4.13. The third-order valence-electron chi connectivity index (χ3n) is 5.90. The number of aromatic nitrogens is 3. The van der Waals surface area contributed by atoms with Crippen LogP contribution in [0.1, 0.15) is 36.2 Å². The van der Waals surface area contributed by atoms with Crippen LogP contribution in [0.3, 0.4) is 0 Å². The van der Waals surface area contributed by atoms with Gasteiger partial charge in [0.2, 0.25) is 5.91 Å². The lowest BCUT2D eigenvalue weighted by atomic mass is 10.1. The number of halogens is 2. The molecule has 10 heteroatoms. The van der Waals surface area contributed by atoms with Crippen LogP contribution in [0.2, 0.25) is 0 Å². The number of hydrogen-bond acceptors (Lipinski definition) is 6. The highest BCUT2D eigenvalue weighted by Crippen LogP contribution is 2.38. The number of fused-ring (bicyclic) bond motifs is 1. The number of carbonyl (C=O) groups is 1. The van der Waals surface area contributed by atoms with Crippen LogP contribution in [0.15, 0.2) is 37.1 Å². The minimum Gasteiger partial charge on any atom is -0.497 e. The molecule has 0 bridgehead atoms. The summed E-state index contributed by atoms with van der Waals surface area (Å²) in [5, 5.41) is 4.84. The third kappa shape index (κ3) is 4.62. The summed E-state index contributed by atoms with van der Waals surface area (Å²) >= 11 is 0. The highest BCUT2D eigenvalue weighted by atomic mass is 19.3. The number of nitrogens with two attached hydrogens (primary N) is 1. The Morgan fingerprint density at radius 1 is 1.26 bits per heavy atom. The van der Waals surface area contributed by atoms with E-state index in [0.717, 1.165) is 13.1 Å². The summed E-state index contributed by atoms with van der Waals surface area (Å²) in [4.78, 5) is 17.7. The van der Waals surface area contributed by atoms with Gasteiger partial charge in [0.25, 0.3) is 5.92 Å². The lowest BCUT2D eigenvalue weighted by Crippen LogP contribution is -2.27. The van der Waals surface area contributed by atoms with Gasteiger partial charge in [-0.1, -0.05) is 12.5 Å². The van der Waals surface area contributed by atoms with Gasteiger partial charge in [0.05, 0.1) is 36.7 Å². The molecule has 1 aromatic carbocycles. The number of carbonyl (C=O) groups excluding carboxylic acids is 1. The Kier molecular flexibility index (Phi) is 6.35. The molecule has 4 rings (SSSR count). The van der Waals surface area contributed by atoms with Crippen molar-refractivity contribution >= 4 is 22.6 Å². The van der Waals surface area contributed by atoms with E-state index in [9.17, 15) is 13.6 Å². The normalized spacial score (nSPS) is 15.6. The Labute approximate surface area is 201 Å². The van der Waals surface area contributed by atoms with E-state index in [1.807, 2.05) is 0 Å². The lowest BCUT2D eigenvalue weighted by Gasteiger charge is -2.18. The molecule has 1 amide bonds. The maximum atomic E-state index is 14.6. The summed E-state index contributed by atoms with van der Waals surface area (Å²) in [7, 11) is 3.06. The molecule has 3 aromatic rings. The van der Waals surface area contributed by atoms with Gasteiger partial charge in [-0.25, -0.2) is 13.8 Å². The zero-order chi connectivity index (χ0) is 25.3. The zero-order valence-corrected chi connectivity index (χ0v) is 19.6. The summed E-state index contributed by atoms with van der Waals surface area (Å²) in [5.74, 6) is 3.68. The minimum absolute atomic E-state index is 0.0452. The van der Waals surface area contributed by atoms with Crippen LogP contribution in [-0.4, -0.2) is 52.9 Å². The molecule has 2 N–H and O–H groups in total. The zero-order valence-electron chi connectivity index (χ0n) is 19.6. The topological polar surface area (TPSA) is 95.5 Å². The van der Waals surface area contributed by atoms with Gasteiger partial charge in [0, 0.05) is 37.8 Å². The standard InChI is InChI=1S/C25H25F2N5O3/c1-5-21(33)31-9-8-16(14-31)32-23-19(25(2,26)27)13-29-24(28)22(23)20(30-32)7-6-15-10-17(34-3)12-18(11-15)35-4/h5,10-13,16H,1,8-9,14H2,2-4H3,(H2,28,29)/t16-/m0/s1. The van der Waals surface area contributed by atoms with Crippen molar-refractivity contribution in [1.29, 1.82) is 0 Å². The molecule has 35 heavy (non-hydrogen) atoms. The number of methoxy groups -OCH3 is 2. The summed E-state index contributed by atoms with van der Waals surface area (Å²) in [6.07, 6.45) is 2.84. The minimum atomic E-state index is -3.20. The predicted molar refractivity (Wildman–Crippen MR) is 127 cm³/mol. The van der Waals surface area contributed by atoms with Gasteiger partial charge in [-0.3, -0.25) is 9.48 Å². The van der Waals surface area contributed by atoms with E-state index < -0.39 is 5.92 Å². The third-order valence-corrected chi connectivity index (χ3v) is 5.90. The van der Waals surface area contributed by atoms with Gasteiger partial charge in [0.15, 0.2) is 0 Å². The largest absolute Gasteiger partial charge is 0.497 e. The van der Waals surface area contributed by atoms with E-state index in [4.69, 9.17) is 15.2 Å². The molecule has 0 spiro atoms. The average molecular weight is 482 g/mol. The van der Waals surface area contributed by atoms with Crippen molar-refractivity contribution < 1.29 is 23.0 Å². The van der Waals surface area contributed by atoms with E-state index in [1.54, 1.807) is 23.1 Å². The number of nitrogen functional groups attached to an aromatic ring is 1. The quantitative estimate of drug-likeness (QED) is 0.443. The van der Waals surface area contributed by atoms with Crippen LogP contribution < -0.4 is 15.2 Å². The van der Waals surface area contributed by atoms with E-state index in [0.29, 0.717) is 36.6 Å². The maximum Gasteiger partial charge on any atom is 0.274 e. The second-order valence-corrected chi connectivity index (χ2v) is 8.24. The second kappa shape index (κ2) is 9.25. The number of nitrogens with zero attached hydrogens (tertiary/aromatic N) is 4. The smallest absolute Gasteiger partial charge is 0.274 e. The molecule has 0 saturated carbocycles. The van der Waals surface area contributed by atoms with Gasteiger partial charge < -0.3 is 20.1 Å². The van der Waals surface area contributed by atoms with Crippen molar-refractivity contribution in [3.8, 4) is 23.3 Å². The van der Waals surface area contributed by atoms with Gasteiger partial charge in [-0.15, -0.1) is 0 Å². The van der Waals surface area contributed by atoms with Crippen molar-refractivity contribution in [2.24, 2.45) is 0 Å². The number of ether oxygens (including phenoxy) is 2. The van der Waals surface area contributed by atoms with Crippen molar-refractivity contribution in [1.82, 2.24) is 19.7 Å². The molecule has 1 fully saturated rings. The number of amides is 1. The molecule has 1 aliphatic heterocycles. The molecular formula is C25H25F2N5O3. The molecule has 8 nitrogen and oxygen atoms in total. The maximum absolute atomic E-state index is 14.6. The first-order valence-corrected chi connectivity index (χ1v) is 10.9. The molecule has 0 radical (unpaired) electrons. The number of hydrogen-bond donors (Lipinski definition) is 1. The van der Waals surface area contributed by atoms with E-state index in [1.165, 1.54) is 25.0 Å². The molecule has 1 atom stereocenters. The van der Waals surface area contributed by atoms with Gasteiger partial charge in [-0.05, 0) is 30.6 Å². The van der Waals surface area contributed by atoms with Crippen LogP contribution in [0.25, 0.3) is 10.9 Å². The second-order valence-electron chi connectivity index (χ2n) is 8.24. The number of anilines is 1. The molecule has 182 valence electrons. The number of alkyl halides is 2. The van der Waals surface area contributed by atoms with Crippen molar-refractivity contribution in [3.05, 3.63) is 53.9 Å². The molecule has 2 aromatic heterocycles. The monoisotopic (exact) mass is 481 g/mol. The summed E-state index contributed by atoms with van der Waals surface area (Å²) in [6, 6.07) is 4.82. The van der Waals surface area contributed by atoms with Crippen LogP contribution in [0.4, 0.5) is 14.6 Å². The van der Waals surface area contributed by atoms with Gasteiger partial charge in [-0.2, -0.15) is 5.10 Å². The number of likely N-dealkylation sites (tertiary alicyclic amines) is 1. The molecular weight excluding hydrogens is 456 g/mol. The highest BCUT2D eigenvalue weighted by Gasteiger charge is 2.35. The van der Waals surface area contributed by atoms with Gasteiger partial charge in [0.1, 0.15) is 23.0 Å². The fourth-order valence-corrected chi connectivity index (χ4v) is 4.15. The van der Waals surface area contributed by atoms with E-state index in [2.05, 4.69) is 28.5 Å². The Balaban J connectivity index is 1.88. The number of benzene rings is 1. The highest BCUT2D eigenvalue weighted by molar-refractivity contribution is 5.95. The molecule has 3 heterocycles. The Morgan fingerprint density at radius 2 is 1.94 bits per heavy atom. The molecule has 0 unspecified atom stereocenters. The fourth-order valence-electron chi connectivity index (χ4n) is 4.15. The van der Waals surface area contributed by atoms with Crippen molar-refractivity contribution in [2.75, 3.05) is 33.0 Å². The lowest BCUT2D eigenvalue weighted by molar-refractivity contribution is -0.125. The Bertz CT molecular complexity index is 1350. The van der Waals surface area contributed by atoms with Crippen LogP contribution >= 0.6 is 0 Å². The van der Waals surface area contributed by atoms with Crippen molar-refractivity contribution in [2.45, 2.75) is 25.3 Å². The number of pyridine rings is 1. The number of rotatable bonds is 5. The van der Waals surface area contributed by atoms with Crippen LogP contribution in [0, 0.1) is 11.8 Å². The average Bonchev–Trinajstić information content (AvgIpc) is 3.47. The van der Waals surface area contributed by atoms with E-state index >= 15 is 0 Å². The first-order valence-electron chi connectivity index (χ1n) is 10.9. The molecule has 0 aliphatic carbocycles. The van der Waals surface area contributed by atoms with Crippen LogP contribution in [0.5, 0.6) is 11.5 Å². The molecule has 1 saturated heterocycles. The van der Waals surface area contributed by atoms with Crippen molar-refractivity contribution in [3.63, 3.8) is 0 Å². The van der Waals surface area contributed by atoms with Gasteiger partial charge >= 0.3 is 0 Å². The fraction of sp³-hybridized carbons (Fsp3) is 0.320. The molecule has 1 aliphatic rings.